The van der Waals surface area contributed by atoms with E-state index in [4.69, 9.17) is 16.6 Å². The van der Waals surface area contributed by atoms with E-state index in [0.717, 1.165) is 0 Å². The van der Waals surface area contributed by atoms with Crippen LogP contribution in [0.25, 0.3) is 0 Å². The van der Waals surface area contributed by atoms with Crippen molar-refractivity contribution in [1.82, 2.24) is 0 Å². The van der Waals surface area contributed by atoms with Gasteiger partial charge in [0.05, 0.1) is 0 Å². The van der Waals surface area contributed by atoms with E-state index in [-0.39, 0.29) is 38.7 Å². The van der Waals surface area contributed by atoms with Crippen LogP contribution in [0.5, 0.6) is 0 Å². The number of nitrogens with two attached hydrogens (primary N) is 2. The molecule has 0 spiro atoms. The first kappa shape index (κ1) is 13.4. The Morgan fingerprint density at radius 1 is 1.45 bits per heavy atom. The van der Waals surface area contributed by atoms with E-state index in [1.807, 2.05) is 0 Å². The normalized spacial score (nSPS) is 11.4. The molecule has 0 radical (unpaired) electrons. The summed E-state index contributed by atoms with van der Waals surface area (Å²) in [5.74, 6) is -1.64. The summed E-state index contributed by atoms with van der Waals surface area (Å²) in [4.78, 5) is 20.1. The van der Waals surface area contributed by atoms with Crippen LogP contribution in [0, 0.1) is 0 Å². The fourth-order valence-electron chi connectivity index (χ4n) is 0.421. The molecule has 0 fully saturated rings. The average Bonchev–Trinajstić information content (AvgIpc) is 1.82. The van der Waals surface area contributed by atoms with E-state index < -0.39 is 17.9 Å². The predicted molar refractivity (Wildman–Crippen MR) is 44.0 cm³/mol. The van der Waals surface area contributed by atoms with Gasteiger partial charge >= 0.3 is 31.8 Å². The zero-order chi connectivity index (χ0) is 8.15. The van der Waals surface area contributed by atoms with Gasteiger partial charge in [0.2, 0.25) is 5.91 Å². The van der Waals surface area contributed by atoms with Crippen molar-refractivity contribution in [3.8, 4) is 0 Å². The number of hydrogen-bond acceptors (Lipinski definition) is 3. The van der Waals surface area contributed by atoms with Gasteiger partial charge in [0.25, 0.3) is 0 Å². The molecule has 0 aromatic carbocycles. The maximum atomic E-state index is 10.1. The van der Waals surface area contributed by atoms with Gasteiger partial charge in [-0.05, 0) is 6.42 Å². The Morgan fingerprint density at radius 3 is 2.18 bits per heavy atom. The molecule has 0 aliphatic carbocycles. The van der Waals surface area contributed by atoms with Crippen LogP contribution in [0.4, 0.5) is 0 Å². The van der Waals surface area contributed by atoms with Gasteiger partial charge in [-0.3, -0.25) is 9.59 Å². The molecule has 5 N–H and O–H groups in total. The third-order valence-electron chi connectivity index (χ3n) is 1.02. The topological polar surface area (TPSA) is 106 Å². The molecule has 5 nitrogen and oxygen atoms in total. The Labute approximate surface area is 82.9 Å². The quantitative estimate of drug-likeness (QED) is 0.521. The first-order chi connectivity index (χ1) is 4.54. The van der Waals surface area contributed by atoms with Crippen molar-refractivity contribution in [2.24, 2.45) is 11.5 Å². The van der Waals surface area contributed by atoms with Crippen LogP contribution in [0.2, 0.25) is 0 Å². The molecule has 1 atom stereocenters. The summed E-state index contributed by atoms with van der Waals surface area (Å²) in [6.45, 7) is 0. The average molecular weight is 264 g/mol. The van der Waals surface area contributed by atoms with E-state index in [9.17, 15) is 9.59 Å². The monoisotopic (exact) mass is 264 g/mol. The third kappa shape index (κ3) is 7.67. The molecule has 0 aromatic heterocycles. The van der Waals surface area contributed by atoms with E-state index in [1.165, 1.54) is 0 Å². The SMILES string of the molecule is NC(=O)CCC(N)C(=O)O.[InH3]. The summed E-state index contributed by atoms with van der Waals surface area (Å²) < 4.78 is 0. The Bertz CT molecular complexity index is 151. The molecule has 0 aromatic rings. The van der Waals surface area contributed by atoms with Crippen molar-refractivity contribution < 1.29 is 14.7 Å². The Hall–Kier alpha value is -0.230. The maximum absolute atomic E-state index is 10.1. The standard InChI is InChI=1S/C5H10N2O3.In.3H/c6-3(5(9)10)1-2-4(7)8;;;;/h3H,1-2,6H2,(H2,7,8)(H,9,10);;;;. The fourth-order valence-corrected chi connectivity index (χ4v) is 0.421. The molecule has 64 valence electrons. The minimum absolute atomic E-state index is 0. The predicted octanol–water partition coefficient (Wildman–Crippen LogP) is -2.52. The van der Waals surface area contributed by atoms with Crippen molar-refractivity contribution in [3.63, 3.8) is 0 Å². The number of carbonyl (C=O) groups excluding carboxylic acids is 1. The molecule has 0 bridgehead atoms. The molecule has 6 heteroatoms. The molecule has 1 unspecified atom stereocenters. The minimum atomic E-state index is -1.11. The summed E-state index contributed by atoms with van der Waals surface area (Å²) in [5, 5.41) is 8.22. The van der Waals surface area contributed by atoms with Crippen LogP contribution in [0.1, 0.15) is 12.8 Å². The van der Waals surface area contributed by atoms with Crippen LogP contribution < -0.4 is 11.5 Å². The van der Waals surface area contributed by atoms with Gasteiger partial charge in [-0.1, -0.05) is 0 Å². The van der Waals surface area contributed by atoms with E-state index >= 15 is 0 Å². The molecule has 0 saturated heterocycles. The van der Waals surface area contributed by atoms with Gasteiger partial charge in [0.15, 0.2) is 0 Å². The number of amides is 1. The second-order valence-electron chi connectivity index (χ2n) is 1.95. The number of carbonyl (C=O) groups is 2. The van der Waals surface area contributed by atoms with Crippen molar-refractivity contribution in [2.75, 3.05) is 0 Å². The van der Waals surface area contributed by atoms with E-state index in [0.29, 0.717) is 0 Å². The number of aliphatic carboxylic acids is 1. The molecule has 0 heterocycles. The third-order valence-corrected chi connectivity index (χ3v) is 1.02. The molecule has 0 rings (SSSR count). The van der Waals surface area contributed by atoms with Crippen LogP contribution in [-0.2, 0) is 9.59 Å². The first-order valence-electron chi connectivity index (χ1n) is 2.80. The summed E-state index contributed by atoms with van der Waals surface area (Å²) >= 11 is 0. The summed E-state index contributed by atoms with van der Waals surface area (Å²) in [7, 11) is 0. The molecular weight excluding hydrogens is 251 g/mol. The second-order valence-corrected chi connectivity index (χ2v) is 1.95. The van der Waals surface area contributed by atoms with Crippen molar-refractivity contribution in [1.29, 1.82) is 0 Å². The van der Waals surface area contributed by atoms with Gasteiger partial charge < -0.3 is 16.6 Å². The van der Waals surface area contributed by atoms with Gasteiger partial charge in [0, 0.05) is 6.42 Å². The zero-order valence-electron chi connectivity index (χ0n) is 5.41. The van der Waals surface area contributed by atoms with Crippen molar-refractivity contribution in [3.05, 3.63) is 0 Å². The van der Waals surface area contributed by atoms with Crippen LogP contribution in [0.3, 0.4) is 0 Å². The molecule has 11 heavy (non-hydrogen) atoms. The van der Waals surface area contributed by atoms with Gasteiger partial charge in [0.1, 0.15) is 6.04 Å². The van der Waals surface area contributed by atoms with Crippen molar-refractivity contribution >= 4 is 37.7 Å². The molecular formula is C5H13InN2O3. The summed E-state index contributed by atoms with van der Waals surface area (Å²) in [5.41, 5.74) is 9.81. The number of primary amides is 1. The molecule has 0 aliphatic rings. The zero-order valence-corrected chi connectivity index (χ0v) is 5.41. The number of carboxylic acids is 1. The number of hydrogen-bond donors (Lipinski definition) is 3. The molecule has 0 aliphatic heterocycles. The number of rotatable bonds is 4. The Morgan fingerprint density at radius 2 is 1.91 bits per heavy atom. The summed E-state index contributed by atoms with van der Waals surface area (Å²) in [6.07, 6.45) is 0.123. The Balaban J connectivity index is 0. The number of carboxylic acid groups (broad SMARTS) is 1. The van der Waals surface area contributed by atoms with Gasteiger partial charge in [-0.25, -0.2) is 0 Å². The van der Waals surface area contributed by atoms with E-state index in [2.05, 4.69) is 0 Å². The fraction of sp³-hybridized carbons (Fsp3) is 0.600. The first-order valence-corrected chi connectivity index (χ1v) is 2.80. The summed E-state index contributed by atoms with van der Waals surface area (Å²) in [6, 6.07) is -0.979. The van der Waals surface area contributed by atoms with Gasteiger partial charge in [-0.15, -0.1) is 0 Å². The van der Waals surface area contributed by atoms with Crippen molar-refractivity contribution in [2.45, 2.75) is 18.9 Å². The molecule has 0 saturated carbocycles. The molecule has 1 amide bonds. The van der Waals surface area contributed by atoms with Crippen LogP contribution in [0.15, 0.2) is 0 Å². The Kier molecular flexibility index (Phi) is 7.87. The van der Waals surface area contributed by atoms with Gasteiger partial charge in [-0.2, -0.15) is 0 Å². The van der Waals surface area contributed by atoms with Crippen LogP contribution in [-0.4, -0.2) is 48.9 Å². The second kappa shape index (κ2) is 6.48. The van der Waals surface area contributed by atoms with E-state index in [1.54, 1.807) is 0 Å². The van der Waals surface area contributed by atoms with Crippen LogP contribution >= 0.6 is 0 Å².